The van der Waals surface area contributed by atoms with E-state index in [2.05, 4.69) is 30.4 Å². The molecule has 0 spiro atoms. The van der Waals surface area contributed by atoms with Crippen molar-refractivity contribution in [3.63, 3.8) is 0 Å². The fourth-order valence-corrected chi connectivity index (χ4v) is 3.82. The van der Waals surface area contributed by atoms with Crippen LogP contribution in [0.3, 0.4) is 0 Å². The second-order valence-corrected chi connectivity index (χ2v) is 7.53. The number of hydrogen-bond donors (Lipinski definition) is 2. The molecule has 2 aliphatic rings. The summed E-state index contributed by atoms with van der Waals surface area (Å²) in [4.78, 5) is 38.9. The predicted molar refractivity (Wildman–Crippen MR) is 114 cm³/mol. The van der Waals surface area contributed by atoms with Gasteiger partial charge in [-0.1, -0.05) is 0 Å². The summed E-state index contributed by atoms with van der Waals surface area (Å²) in [5, 5.41) is 5.53. The van der Waals surface area contributed by atoms with E-state index >= 15 is 0 Å². The van der Waals surface area contributed by atoms with Gasteiger partial charge in [0.1, 0.15) is 5.69 Å². The topological polar surface area (TPSA) is 93.7 Å². The summed E-state index contributed by atoms with van der Waals surface area (Å²) in [5.74, 6) is -0.177. The minimum absolute atomic E-state index is 0.0615. The summed E-state index contributed by atoms with van der Waals surface area (Å²) in [6.45, 7) is 7.62. The Kier molecular flexibility index (Phi) is 5.80. The van der Waals surface area contributed by atoms with E-state index < -0.39 is 0 Å². The zero-order valence-corrected chi connectivity index (χ0v) is 17.4. The van der Waals surface area contributed by atoms with E-state index in [0.29, 0.717) is 18.8 Å². The molecule has 30 heavy (non-hydrogen) atoms. The van der Waals surface area contributed by atoms with Gasteiger partial charge in [-0.15, -0.1) is 0 Å². The lowest BCUT2D eigenvalue weighted by Crippen LogP contribution is -2.46. The van der Waals surface area contributed by atoms with Gasteiger partial charge in [0.05, 0.1) is 29.8 Å². The molecule has 0 aliphatic carbocycles. The molecule has 4 heterocycles. The Balaban J connectivity index is 1.34. The molecule has 3 amide bonds. The van der Waals surface area contributed by atoms with Crippen molar-refractivity contribution >= 4 is 23.3 Å². The summed E-state index contributed by atoms with van der Waals surface area (Å²) in [7, 11) is 1.60. The van der Waals surface area contributed by atoms with Crippen LogP contribution in [0.2, 0.25) is 0 Å². The van der Waals surface area contributed by atoms with E-state index in [1.54, 1.807) is 24.2 Å². The molecule has 2 N–H and O–H groups in total. The second-order valence-electron chi connectivity index (χ2n) is 7.53. The number of nitrogens with zero attached hydrogens (tertiary/aromatic N) is 5. The van der Waals surface area contributed by atoms with Crippen LogP contribution >= 0.6 is 0 Å². The Hall–Kier alpha value is -3.20. The zero-order valence-electron chi connectivity index (χ0n) is 17.4. The average molecular weight is 409 g/mol. The highest BCUT2D eigenvalue weighted by Crippen LogP contribution is 2.23. The van der Waals surface area contributed by atoms with Crippen molar-refractivity contribution in [3.05, 3.63) is 47.5 Å². The number of fused-ring (bicyclic) bond motifs is 1. The van der Waals surface area contributed by atoms with Crippen molar-refractivity contribution in [1.29, 1.82) is 0 Å². The van der Waals surface area contributed by atoms with Crippen molar-refractivity contribution in [2.24, 2.45) is 0 Å². The number of rotatable bonds is 5. The van der Waals surface area contributed by atoms with Crippen LogP contribution in [0.1, 0.15) is 28.7 Å². The first-order chi connectivity index (χ1) is 14.6. The SMILES string of the molecule is CCN1Cc2ncc(CN3CCN(c4ccc(C(=O)NC)nc4)CC3)cc2NC1=O. The number of piperazine rings is 1. The largest absolute Gasteiger partial charge is 0.368 e. The van der Waals surface area contributed by atoms with E-state index in [4.69, 9.17) is 0 Å². The normalized spacial score (nSPS) is 16.8. The summed E-state index contributed by atoms with van der Waals surface area (Å²) >= 11 is 0. The fourth-order valence-electron chi connectivity index (χ4n) is 3.82. The number of anilines is 2. The first-order valence-corrected chi connectivity index (χ1v) is 10.3. The molecule has 0 unspecified atom stereocenters. The summed E-state index contributed by atoms with van der Waals surface area (Å²) in [5.41, 5.74) is 4.29. The lowest BCUT2D eigenvalue weighted by atomic mass is 10.1. The fraction of sp³-hybridized carbons (Fsp3) is 0.429. The molecular formula is C21H27N7O2. The molecule has 0 atom stereocenters. The standard InChI is InChI=1S/C21H27N7O2/c1-3-27-14-19-18(25-21(27)30)10-15(11-23-19)13-26-6-8-28(9-7-26)16-4-5-17(24-12-16)20(29)22-2/h4-5,10-12H,3,6-9,13-14H2,1-2H3,(H,22,29)(H,25,30). The number of hydrogen-bond acceptors (Lipinski definition) is 6. The van der Waals surface area contributed by atoms with Crippen LogP contribution in [0.4, 0.5) is 16.2 Å². The maximum absolute atomic E-state index is 12.1. The molecular weight excluding hydrogens is 382 g/mol. The van der Waals surface area contributed by atoms with Crippen molar-refractivity contribution in [2.75, 3.05) is 50.0 Å². The summed E-state index contributed by atoms with van der Waals surface area (Å²) < 4.78 is 0. The molecule has 0 saturated carbocycles. The highest BCUT2D eigenvalue weighted by atomic mass is 16.2. The monoisotopic (exact) mass is 409 g/mol. The Morgan fingerprint density at radius 3 is 2.63 bits per heavy atom. The Morgan fingerprint density at radius 1 is 1.17 bits per heavy atom. The van der Waals surface area contributed by atoms with Gasteiger partial charge in [0.25, 0.3) is 5.91 Å². The molecule has 9 heteroatoms. The van der Waals surface area contributed by atoms with Crippen LogP contribution in [0.15, 0.2) is 30.6 Å². The van der Waals surface area contributed by atoms with Crippen molar-refractivity contribution < 1.29 is 9.59 Å². The number of pyridine rings is 2. The van der Waals surface area contributed by atoms with Crippen LogP contribution in [0.5, 0.6) is 0 Å². The van der Waals surface area contributed by atoms with E-state index in [1.165, 1.54) is 0 Å². The minimum atomic E-state index is -0.177. The first kappa shape index (κ1) is 20.1. The van der Waals surface area contributed by atoms with Crippen LogP contribution < -0.4 is 15.5 Å². The molecule has 0 aromatic carbocycles. The third-order valence-electron chi connectivity index (χ3n) is 5.63. The maximum atomic E-state index is 12.1. The molecule has 2 aromatic heterocycles. The van der Waals surface area contributed by atoms with E-state index in [1.807, 2.05) is 25.3 Å². The Morgan fingerprint density at radius 2 is 1.97 bits per heavy atom. The van der Waals surface area contributed by atoms with E-state index in [9.17, 15) is 9.59 Å². The van der Waals surface area contributed by atoms with E-state index in [-0.39, 0.29) is 11.9 Å². The van der Waals surface area contributed by atoms with Crippen LogP contribution in [0, 0.1) is 0 Å². The summed E-state index contributed by atoms with van der Waals surface area (Å²) in [6, 6.07) is 5.69. The van der Waals surface area contributed by atoms with Gasteiger partial charge in [0.2, 0.25) is 0 Å². The molecule has 2 aromatic rings. The summed E-state index contributed by atoms with van der Waals surface area (Å²) in [6.07, 6.45) is 3.67. The van der Waals surface area contributed by atoms with Gasteiger partial charge in [-0.25, -0.2) is 9.78 Å². The maximum Gasteiger partial charge on any atom is 0.322 e. The molecule has 1 saturated heterocycles. The average Bonchev–Trinajstić information content (AvgIpc) is 2.78. The van der Waals surface area contributed by atoms with Gasteiger partial charge in [-0.2, -0.15) is 0 Å². The molecule has 158 valence electrons. The molecule has 9 nitrogen and oxygen atoms in total. The van der Waals surface area contributed by atoms with Gasteiger partial charge in [-0.05, 0) is 30.7 Å². The van der Waals surface area contributed by atoms with Gasteiger partial charge in [-0.3, -0.25) is 14.7 Å². The minimum Gasteiger partial charge on any atom is -0.368 e. The van der Waals surface area contributed by atoms with Gasteiger partial charge < -0.3 is 20.4 Å². The smallest absolute Gasteiger partial charge is 0.322 e. The first-order valence-electron chi connectivity index (χ1n) is 10.3. The molecule has 4 rings (SSSR count). The van der Waals surface area contributed by atoms with Crippen LogP contribution in [-0.4, -0.2) is 71.5 Å². The Bertz CT molecular complexity index is 923. The quantitative estimate of drug-likeness (QED) is 0.778. The van der Waals surface area contributed by atoms with Crippen molar-refractivity contribution in [3.8, 4) is 0 Å². The Labute approximate surface area is 176 Å². The second kappa shape index (κ2) is 8.66. The van der Waals surface area contributed by atoms with Crippen LogP contribution in [-0.2, 0) is 13.1 Å². The van der Waals surface area contributed by atoms with Crippen LogP contribution in [0.25, 0.3) is 0 Å². The van der Waals surface area contributed by atoms with Gasteiger partial charge >= 0.3 is 6.03 Å². The lowest BCUT2D eigenvalue weighted by molar-refractivity contribution is 0.0958. The molecule has 2 aliphatic heterocycles. The molecule has 0 bridgehead atoms. The van der Waals surface area contributed by atoms with Crippen molar-refractivity contribution in [2.45, 2.75) is 20.0 Å². The van der Waals surface area contributed by atoms with Gasteiger partial charge in [0.15, 0.2) is 0 Å². The lowest BCUT2D eigenvalue weighted by Gasteiger charge is -2.36. The molecule has 0 radical (unpaired) electrons. The third-order valence-corrected chi connectivity index (χ3v) is 5.63. The highest BCUT2D eigenvalue weighted by molar-refractivity contribution is 5.92. The number of carbonyl (C=O) groups is 2. The number of amides is 3. The number of aromatic nitrogens is 2. The highest BCUT2D eigenvalue weighted by Gasteiger charge is 2.23. The van der Waals surface area contributed by atoms with E-state index in [0.717, 1.165) is 55.4 Å². The number of nitrogens with one attached hydrogen (secondary N) is 2. The predicted octanol–water partition coefficient (Wildman–Crippen LogP) is 1.53. The molecule has 1 fully saturated rings. The zero-order chi connectivity index (χ0) is 21.1. The third kappa shape index (κ3) is 4.20. The van der Waals surface area contributed by atoms with Crippen molar-refractivity contribution in [1.82, 2.24) is 25.1 Å². The number of carbonyl (C=O) groups excluding carboxylic acids is 2. The van der Waals surface area contributed by atoms with Gasteiger partial charge in [0, 0.05) is 52.5 Å². The number of urea groups is 1.